The number of carbonyl (C=O) groups excluding carboxylic acids is 1. The zero-order valence-electron chi connectivity index (χ0n) is 17.1. The largest absolute Gasteiger partial charge is 0.393 e. The molecule has 156 valence electrons. The van der Waals surface area contributed by atoms with Crippen molar-refractivity contribution >= 4 is 5.78 Å². The van der Waals surface area contributed by atoms with Crippen molar-refractivity contribution in [3.05, 3.63) is 0 Å². The Bertz CT molecular complexity index is 764. The summed E-state index contributed by atoms with van der Waals surface area (Å²) < 4.78 is 6.12. The Balaban J connectivity index is 1.66. The van der Waals surface area contributed by atoms with Gasteiger partial charge in [-0.15, -0.1) is 0 Å². The lowest BCUT2D eigenvalue weighted by Gasteiger charge is -2.69. The summed E-state index contributed by atoms with van der Waals surface area (Å²) in [5.41, 5.74) is -2.52. The van der Waals surface area contributed by atoms with Gasteiger partial charge in [-0.2, -0.15) is 0 Å². The molecule has 7 fully saturated rings. The van der Waals surface area contributed by atoms with Crippen LogP contribution in [0.5, 0.6) is 0 Å². The third-order valence-corrected chi connectivity index (χ3v) is 10.5. The van der Waals surface area contributed by atoms with E-state index in [0.29, 0.717) is 19.4 Å². The van der Waals surface area contributed by atoms with Crippen LogP contribution in [0.2, 0.25) is 0 Å². The van der Waals surface area contributed by atoms with Gasteiger partial charge in [0.15, 0.2) is 5.78 Å². The number of rotatable bonds is 0. The third-order valence-electron chi connectivity index (χ3n) is 10.5. The lowest BCUT2D eigenvalue weighted by atomic mass is 9.36. The molecule has 3 heterocycles. The first kappa shape index (κ1) is 18.3. The van der Waals surface area contributed by atoms with Gasteiger partial charge in [0.25, 0.3) is 0 Å². The number of hydrogen-bond acceptors (Lipinski definition) is 6. The number of fused-ring (bicyclic) bond motifs is 4. The van der Waals surface area contributed by atoms with E-state index >= 15 is 0 Å². The number of hydrogen-bond donors (Lipinski definition) is 4. The molecule has 7 aliphatic rings. The highest BCUT2D eigenvalue weighted by Crippen LogP contribution is 2.78. The van der Waals surface area contributed by atoms with Crippen LogP contribution in [0.15, 0.2) is 0 Å². The first-order valence-electron chi connectivity index (χ1n) is 11.1. The molecule has 4 aliphatic carbocycles. The first-order valence-corrected chi connectivity index (χ1v) is 11.1. The van der Waals surface area contributed by atoms with Crippen LogP contribution in [0.1, 0.15) is 52.9 Å². The van der Waals surface area contributed by atoms with E-state index in [2.05, 4.69) is 26.1 Å². The fourth-order valence-corrected chi connectivity index (χ4v) is 9.58. The number of ether oxygens (including phenoxy) is 1. The molecule has 3 saturated heterocycles. The van der Waals surface area contributed by atoms with Gasteiger partial charge in [0, 0.05) is 17.9 Å². The van der Waals surface area contributed by atoms with E-state index in [1.807, 2.05) is 0 Å². The summed E-state index contributed by atoms with van der Waals surface area (Å²) in [6, 6.07) is 0. The molecule has 0 aromatic rings. The topological polar surface area (TPSA) is 109 Å². The lowest BCUT2D eigenvalue weighted by molar-refractivity contribution is -0.378. The fraction of sp³-hybridized carbons (Fsp3) is 0.955. The van der Waals surface area contributed by atoms with Crippen LogP contribution in [-0.4, -0.2) is 57.8 Å². The Morgan fingerprint density at radius 3 is 2.54 bits per heavy atom. The number of aliphatic hydroxyl groups is 3. The van der Waals surface area contributed by atoms with E-state index in [4.69, 9.17) is 4.74 Å². The highest BCUT2D eigenvalue weighted by Gasteiger charge is 2.88. The summed E-state index contributed by atoms with van der Waals surface area (Å²) in [5, 5.41) is 38.6. The van der Waals surface area contributed by atoms with Crippen molar-refractivity contribution in [1.82, 2.24) is 5.32 Å². The van der Waals surface area contributed by atoms with Gasteiger partial charge in [0.1, 0.15) is 6.10 Å². The van der Waals surface area contributed by atoms with Gasteiger partial charge in [0.05, 0.1) is 23.7 Å². The second-order valence-electron chi connectivity index (χ2n) is 11.4. The predicted octanol–water partition coefficient (Wildman–Crippen LogP) is 0.827. The van der Waals surface area contributed by atoms with Gasteiger partial charge in [-0.05, 0) is 55.3 Å². The second-order valence-corrected chi connectivity index (χ2v) is 11.4. The van der Waals surface area contributed by atoms with E-state index < -0.39 is 34.4 Å². The molecular weight excluding hydrogens is 358 g/mol. The molecular formula is C22H33NO5. The average molecular weight is 392 g/mol. The van der Waals surface area contributed by atoms with Crippen LogP contribution in [0.4, 0.5) is 0 Å². The predicted molar refractivity (Wildman–Crippen MR) is 100 cm³/mol. The molecule has 3 spiro atoms. The number of Topliss-reactive ketones (excluding diaryl/α,β-unsaturated/α-hetero) is 1. The van der Waals surface area contributed by atoms with Gasteiger partial charge >= 0.3 is 0 Å². The van der Waals surface area contributed by atoms with Crippen LogP contribution in [0.3, 0.4) is 0 Å². The van der Waals surface area contributed by atoms with Crippen molar-refractivity contribution in [3.63, 3.8) is 0 Å². The van der Waals surface area contributed by atoms with Crippen LogP contribution in [0, 0.1) is 39.9 Å². The van der Waals surface area contributed by atoms with Crippen molar-refractivity contribution < 1.29 is 24.9 Å². The van der Waals surface area contributed by atoms with Crippen LogP contribution in [0.25, 0.3) is 0 Å². The SMILES string of the molecule is C[C@@H]1[C@H]2CCC3[C@@]45CCO[C@](O)([C@@H](O)C4C(C)(C)CC[C@@H]5O)[C@]31C(=O)C21CN1. The number of nitrogens with one attached hydrogen (secondary N) is 1. The Morgan fingerprint density at radius 1 is 1.14 bits per heavy atom. The Hall–Kier alpha value is -0.530. The minimum Gasteiger partial charge on any atom is -0.393 e. The molecule has 4 bridgehead atoms. The van der Waals surface area contributed by atoms with Crippen molar-refractivity contribution in [3.8, 4) is 0 Å². The van der Waals surface area contributed by atoms with Crippen LogP contribution < -0.4 is 5.32 Å². The summed E-state index contributed by atoms with van der Waals surface area (Å²) in [6.07, 6.45) is 2.07. The Kier molecular flexibility index (Phi) is 3.17. The van der Waals surface area contributed by atoms with Gasteiger partial charge in [-0.1, -0.05) is 20.8 Å². The van der Waals surface area contributed by atoms with E-state index in [9.17, 15) is 20.1 Å². The maximum atomic E-state index is 14.1. The summed E-state index contributed by atoms with van der Waals surface area (Å²) >= 11 is 0. The molecule has 0 amide bonds. The highest BCUT2D eigenvalue weighted by molar-refractivity contribution is 6.01. The van der Waals surface area contributed by atoms with Gasteiger partial charge < -0.3 is 25.4 Å². The van der Waals surface area contributed by atoms with E-state index in [1.165, 1.54) is 0 Å². The minimum absolute atomic E-state index is 0.0388. The first-order chi connectivity index (χ1) is 13.1. The second kappa shape index (κ2) is 4.86. The standard InChI is InChI=1S/C22H33NO5/c1-11-12-4-5-13-19-8-9-28-22(27,21(11,13)17(26)20(12)10-23-20)16(25)15(19)18(2,3)7-6-14(19)24/h11-16,23-25,27H,4-10H2,1-3H3/t11-,12-,13?,14+,15?,16+,19-,20?,21+,22-/m1/s1. The van der Waals surface area contributed by atoms with Crippen LogP contribution >= 0.6 is 0 Å². The maximum absolute atomic E-state index is 14.1. The van der Waals surface area contributed by atoms with E-state index in [0.717, 1.165) is 19.3 Å². The normalized spacial score (nSPS) is 63.7. The van der Waals surface area contributed by atoms with Crippen molar-refractivity contribution in [2.24, 2.45) is 39.9 Å². The number of carbonyl (C=O) groups is 1. The maximum Gasteiger partial charge on any atom is 0.205 e. The number of aliphatic hydroxyl groups excluding tert-OH is 2. The molecule has 3 aliphatic heterocycles. The van der Waals surface area contributed by atoms with Gasteiger partial charge in [0.2, 0.25) is 5.79 Å². The summed E-state index contributed by atoms with van der Waals surface area (Å²) in [4.78, 5) is 14.1. The van der Waals surface area contributed by atoms with Crippen LogP contribution in [-0.2, 0) is 9.53 Å². The molecule has 6 heteroatoms. The van der Waals surface area contributed by atoms with Gasteiger partial charge in [-0.3, -0.25) is 4.79 Å². The number of ketones is 1. The molecule has 28 heavy (non-hydrogen) atoms. The quantitative estimate of drug-likeness (QED) is 0.456. The smallest absolute Gasteiger partial charge is 0.205 e. The van der Waals surface area contributed by atoms with Crippen molar-refractivity contribution in [2.45, 2.75) is 76.4 Å². The monoisotopic (exact) mass is 391 g/mol. The van der Waals surface area contributed by atoms with E-state index in [-0.39, 0.29) is 41.5 Å². The molecule has 7 rings (SSSR count). The van der Waals surface area contributed by atoms with Crippen molar-refractivity contribution in [2.75, 3.05) is 13.2 Å². The summed E-state index contributed by atoms with van der Waals surface area (Å²) in [5.74, 6) is -2.19. The minimum atomic E-state index is -1.88. The summed E-state index contributed by atoms with van der Waals surface area (Å²) in [6.45, 7) is 7.29. The molecule has 4 N–H and O–H groups in total. The molecule has 3 unspecified atom stereocenters. The zero-order valence-corrected chi connectivity index (χ0v) is 17.1. The average Bonchev–Trinajstić information content (AvgIpc) is 3.43. The molecule has 0 aromatic carbocycles. The molecule has 10 atom stereocenters. The lowest BCUT2D eigenvalue weighted by Crippen LogP contribution is -2.78. The molecule has 0 radical (unpaired) electrons. The third kappa shape index (κ3) is 1.51. The van der Waals surface area contributed by atoms with Crippen molar-refractivity contribution in [1.29, 1.82) is 0 Å². The molecule has 0 aromatic heterocycles. The summed E-state index contributed by atoms with van der Waals surface area (Å²) in [7, 11) is 0. The fourth-order valence-electron chi connectivity index (χ4n) is 9.58. The Labute approximate surface area is 166 Å². The molecule has 4 saturated carbocycles. The van der Waals surface area contributed by atoms with Gasteiger partial charge in [-0.25, -0.2) is 0 Å². The van der Waals surface area contributed by atoms with E-state index in [1.54, 1.807) is 0 Å². The highest BCUT2D eigenvalue weighted by atomic mass is 16.6. The molecule has 6 nitrogen and oxygen atoms in total. The Morgan fingerprint density at radius 2 is 1.86 bits per heavy atom. The zero-order chi connectivity index (χ0) is 19.9.